The Bertz CT molecular complexity index is 1130. The zero-order valence-corrected chi connectivity index (χ0v) is 18.1. The number of imide groups is 1. The van der Waals surface area contributed by atoms with E-state index >= 15 is 0 Å². The molecule has 3 heterocycles. The Morgan fingerprint density at radius 3 is 2.29 bits per heavy atom. The molecule has 31 heavy (non-hydrogen) atoms. The van der Waals surface area contributed by atoms with Gasteiger partial charge >= 0.3 is 6.03 Å². The summed E-state index contributed by atoms with van der Waals surface area (Å²) in [7, 11) is 3.86. The van der Waals surface area contributed by atoms with Crippen molar-refractivity contribution in [3.8, 4) is 0 Å². The summed E-state index contributed by atoms with van der Waals surface area (Å²) in [6.45, 7) is 2.79. The predicted molar refractivity (Wildman–Crippen MR) is 120 cm³/mol. The molecule has 5 rings (SSSR count). The van der Waals surface area contributed by atoms with Crippen molar-refractivity contribution in [2.45, 2.75) is 31.5 Å². The molecule has 1 aromatic heterocycles. The summed E-state index contributed by atoms with van der Waals surface area (Å²) >= 11 is 0. The predicted octanol–water partition coefficient (Wildman–Crippen LogP) is 3.61. The van der Waals surface area contributed by atoms with Gasteiger partial charge in [-0.25, -0.2) is 4.79 Å². The lowest BCUT2D eigenvalue weighted by molar-refractivity contribution is -0.135. The molecule has 2 aliphatic heterocycles. The van der Waals surface area contributed by atoms with Gasteiger partial charge in [0.2, 0.25) is 0 Å². The number of fused-ring (bicyclic) bond motifs is 1. The van der Waals surface area contributed by atoms with Crippen molar-refractivity contribution in [3.63, 3.8) is 0 Å². The average molecular weight is 417 g/mol. The summed E-state index contributed by atoms with van der Waals surface area (Å²) < 4.78 is 2.17. The van der Waals surface area contributed by atoms with E-state index in [1.807, 2.05) is 30.3 Å². The molecule has 3 aromatic rings. The van der Waals surface area contributed by atoms with E-state index in [1.165, 1.54) is 21.4 Å². The van der Waals surface area contributed by atoms with Crippen molar-refractivity contribution in [2.24, 2.45) is 7.05 Å². The first-order chi connectivity index (χ1) is 15.0. The Labute approximate surface area is 182 Å². The zero-order chi connectivity index (χ0) is 21.6. The number of likely N-dealkylation sites (tertiary alicyclic amines) is 1. The van der Waals surface area contributed by atoms with Crippen molar-refractivity contribution in [1.29, 1.82) is 0 Å². The number of piperidine rings is 1. The van der Waals surface area contributed by atoms with E-state index in [0.717, 1.165) is 25.2 Å². The van der Waals surface area contributed by atoms with E-state index in [-0.39, 0.29) is 11.9 Å². The maximum Gasteiger partial charge on any atom is 0.327 e. The Balaban J connectivity index is 1.30. The van der Waals surface area contributed by atoms with Crippen LogP contribution >= 0.6 is 0 Å². The lowest BCUT2D eigenvalue weighted by Gasteiger charge is -2.40. The number of amides is 3. The monoisotopic (exact) mass is 416 g/mol. The van der Waals surface area contributed by atoms with Crippen LogP contribution in [0.1, 0.15) is 24.0 Å². The van der Waals surface area contributed by atoms with Crippen LogP contribution in [0.4, 0.5) is 4.79 Å². The molecule has 1 spiro atoms. The highest BCUT2D eigenvalue weighted by Gasteiger charge is 2.56. The highest BCUT2D eigenvalue weighted by molar-refractivity contribution is 6.07. The van der Waals surface area contributed by atoms with Gasteiger partial charge in [-0.15, -0.1) is 0 Å². The third kappa shape index (κ3) is 3.22. The molecule has 2 aliphatic rings. The van der Waals surface area contributed by atoms with Crippen LogP contribution in [0.15, 0.2) is 60.8 Å². The standard InChI is InChI=1S/C25H28N4O2/c1-26-17-20(21-10-6-7-11-22(21)26)18-28-14-12-25(13-15-28)23(30)29(24(31)27(25)2)16-19-8-4-3-5-9-19/h3-11,17H,12-16,18H2,1-2H3. The maximum absolute atomic E-state index is 13.4. The van der Waals surface area contributed by atoms with Crippen molar-refractivity contribution in [2.75, 3.05) is 20.1 Å². The second kappa shape index (κ2) is 7.54. The van der Waals surface area contributed by atoms with Crippen molar-refractivity contribution < 1.29 is 9.59 Å². The van der Waals surface area contributed by atoms with Gasteiger partial charge in [0.1, 0.15) is 5.54 Å². The van der Waals surface area contributed by atoms with Gasteiger partial charge in [0.25, 0.3) is 5.91 Å². The second-order valence-electron chi connectivity index (χ2n) is 8.81. The Morgan fingerprint density at radius 2 is 1.55 bits per heavy atom. The third-order valence-corrected chi connectivity index (χ3v) is 7.04. The van der Waals surface area contributed by atoms with Gasteiger partial charge in [-0.1, -0.05) is 48.5 Å². The first-order valence-corrected chi connectivity index (χ1v) is 10.9. The number of carbonyl (C=O) groups is 2. The number of aromatic nitrogens is 1. The van der Waals surface area contributed by atoms with Gasteiger partial charge in [-0.3, -0.25) is 14.6 Å². The van der Waals surface area contributed by atoms with E-state index in [0.29, 0.717) is 19.4 Å². The first-order valence-electron chi connectivity index (χ1n) is 10.9. The largest absolute Gasteiger partial charge is 0.350 e. The Kier molecular flexibility index (Phi) is 4.82. The number of rotatable bonds is 4. The van der Waals surface area contributed by atoms with Gasteiger partial charge in [0.05, 0.1) is 6.54 Å². The quantitative estimate of drug-likeness (QED) is 0.611. The Morgan fingerprint density at radius 1 is 0.871 bits per heavy atom. The van der Waals surface area contributed by atoms with Crippen molar-refractivity contribution in [3.05, 3.63) is 71.9 Å². The van der Waals surface area contributed by atoms with Gasteiger partial charge in [0.15, 0.2) is 0 Å². The minimum Gasteiger partial charge on any atom is -0.350 e. The van der Waals surface area contributed by atoms with Crippen LogP contribution in [0, 0.1) is 0 Å². The lowest BCUT2D eigenvalue weighted by atomic mass is 9.86. The summed E-state index contributed by atoms with van der Waals surface area (Å²) in [5.41, 5.74) is 2.81. The number of nitrogens with zero attached hydrogens (tertiary/aromatic N) is 4. The van der Waals surface area contributed by atoms with Crippen LogP contribution in [-0.2, 0) is 24.9 Å². The maximum atomic E-state index is 13.4. The molecule has 160 valence electrons. The van der Waals surface area contributed by atoms with Crippen LogP contribution in [0.3, 0.4) is 0 Å². The molecule has 0 atom stereocenters. The number of urea groups is 1. The van der Waals surface area contributed by atoms with E-state index in [2.05, 4.69) is 47.0 Å². The summed E-state index contributed by atoms with van der Waals surface area (Å²) in [6, 6.07) is 18.0. The van der Waals surface area contributed by atoms with Crippen molar-refractivity contribution in [1.82, 2.24) is 19.3 Å². The minimum atomic E-state index is -0.707. The molecule has 2 aromatic carbocycles. The SMILES string of the molecule is CN1C(=O)N(Cc2ccccc2)C(=O)C12CCN(Cc1cn(C)c3ccccc13)CC2. The normalized spacial score (nSPS) is 19.2. The number of likely N-dealkylation sites (N-methyl/N-ethyl adjacent to an activating group) is 1. The van der Waals surface area contributed by atoms with Crippen LogP contribution in [-0.4, -0.2) is 56.9 Å². The lowest BCUT2D eigenvalue weighted by Crippen LogP contribution is -2.55. The van der Waals surface area contributed by atoms with E-state index < -0.39 is 5.54 Å². The van der Waals surface area contributed by atoms with E-state index in [4.69, 9.17) is 0 Å². The van der Waals surface area contributed by atoms with Gasteiger partial charge < -0.3 is 9.47 Å². The molecule has 0 bridgehead atoms. The molecule has 0 unspecified atom stereocenters. The van der Waals surface area contributed by atoms with E-state index in [1.54, 1.807) is 11.9 Å². The van der Waals surface area contributed by atoms with Crippen LogP contribution in [0.5, 0.6) is 0 Å². The summed E-state index contributed by atoms with van der Waals surface area (Å²) in [6.07, 6.45) is 3.54. The minimum absolute atomic E-state index is 0.0475. The number of hydrogen-bond donors (Lipinski definition) is 0. The van der Waals surface area contributed by atoms with E-state index in [9.17, 15) is 9.59 Å². The number of benzene rings is 2. The summed E-state index contributed by atoms with van der Waals surface area (Å²) in [5.74, 6) is -0.0475. The van der Waals surface area contributed by atoms with Crippen LogP contribution < -0.4 is 0 Å². The van der Waals surface area contributed by atoms with Gasteiger partial charge in [0, 0.05) is 50.8 Å². The molecule has 2 saturated heterocycles. The van der Waals surface area contributed by atoms with Crippen molar-refractivity contribution >= 4 is 22.8 Å². The highest BCUT2D eigenvalue weighted by Crippen LogP contribution is 2.37. The van der Waals surface area contributed by atoms with Crippen LogP contribution in [0.25, 0.3) is 10.9 Å². The second-order valence-corrected chi connectivity index (χ2v) is 8.81. The molecule has 6 nitrogen and oxygen atoms in total. The molecule has 0 N–H and O–H groups in total. The molecule has 0 radical (unpaired) electrons. The number of carbonyl (C=O) groups excluding carboxylic acids is 2. The first kappa shape index (κ1) is 19.8. The average Bonchev–Trinajstić information content (AvgIpc) is 3.20. The van der Waals surface area contributed by atoms with Gasteiger partial charge in [-0.2, -0.15) is 0 Å². The third-order valence-electron chi connectivity index (χ3n) is 7.04. The highest BCUT2D eigenvalue weighted by atomic mass is 16.2. The number of aryl methyl sites for hydroxylation is 1. The molecule has 6 heteroatoms. The topological polar surface area (TPSA) is 48.8 Å². The Hall–Kier alpha value is -3.12. The smallest absolute Gasteiger partial charge is 0.327 e. The summed E-state index contributed by atoms with van der Waals surface area (Å²) in [4.78, 5) is 31.8. The fraction of sp³-hybridized carbons (Fsp3) is 0.360. The molecule has 3 amide bonds. The number of hydrogen-bond acceptors (Lipinski definition) is 3. The van der Waals surface area contributed by atoms with Crippen LogP contribution in [0.2, 0.25) is 0 Å². The molecule has 0 saturated carbocycles. The van der Waals surface area contributed by atoms with Gasteiger partial charge in [-0.05, 0) is 30.0 Å². The summed E-state index contributed by atoms with van der Waals surface area (Å²) in [5, 5.41) is 1.28. The molecule has 0 aliphatic carbocycles. The molecular weight excluding hydrogens is 388 g/mol. The fourth-order valence-electron chi connectivity index (χ4n) is 5.17. The number of para-hydroxylation sites is 1. The fourth-order valence-corrected chi connectivity index (χ4v) is 5.17. The molecular formula is C25H28N4O2. The zero-order valence-electron chi connectivity index (χ0n) is 18.1. The molecule has 2 fully saturated rings.